The number of rotatable bonds is 4. The number of aliphatic hydroxyl groups excluding tert-OH is 1. The molecule has 1 aromatic rings. The molecule has 0 radical (unpaired) electrons. The van der Waals surface area contributed by atoms with E-state index in [1.807, 2.05) is 6.92 Å². The van der Waals surface area contributed by atoms with Crippen LogP contribution in [0, 0.1) is 23.6 Å². The lowest BCUT2D eigenvalue weighted by Gasteiger charge is -2.13. The Morgan fingerprint density at radius 3 is 2.90 bits per heavy atom. The lowest BCUT2D eigenvalue weighted by atomic mass is 10.1. The summed E-state index contributed by atoms with van der Waals surface area (Å²) in [5.41, 5.74) is 0.473. The van der Waals surface area contributed by atoms with Crippen LogP contribution in [0.25, 0.3) is 0 Å². The Balaban J connectivity index is 2.01. The van der Waals surface area contributed by atoms with E-state index < -0.39 is 11.7 Å². The van der Waals surface area contributed by atoms with E-state index in [1.165, 1.54) is 25.0 Å². The zero-order valence-electron chi connectivity index (χ0n) is 11.4. The zero-order valence-corrected chi connectivity index (χ0v) is 11.4. The molecule has 1 fully saturated rings. The van der Waals surface area contributed by atoms with Gasteiger partial charge in [-0.05, 0) is 37.5 Å². The van der Waals surface area contributed by atoms with E-state index in [1.54, 1.807) is 6.07 Å². The van der Waals surface area contributed by atoms with Gasteiger partial charge >= 0.3 is 0 Å². The van der Waals surface area contributed by atoms with Crippen molar-refractivity contribution in [3.63, 3.8) is 0 Å². The molecule has 1 amide bonds. The fourth-order valence-corrected chi connectivity index (χ4v) is 2.13. The average Bonchev–Trinajstić information content (AvgIpc) is 3.19. The van der Waals surface area contributed by atoms with Crippen LogP contribution >= 0.6 is 0 Å². The minimum atomic E-state index is -0.592. The van der Waals surface area contributed by atoms with Crippen LogP contribution in [-0.2, 0) is 0 Å². The van der Waals surface area contributed by atoms with Crippen molar-refractivity contribution in [3.8, 4) is 11.8 Å². The molecule has 2 N–H and O–H groups in total. The fourth-order valence-electron chi connectivity index (χ4n) is 2.13. The average molecular weight is 275 g/mol. The van der Waals surface area contributed by atoms with Gasteiger partial charge in [0.15, 0.2) is 0 Å². The molecule has 3 nitrogen and oxygen atoms in total. The van der Waals surface area contributed by atoms with Gasteiger partial charge in [0.05, 0.1) is 5.56 Å². The van der Waals surface area contributed by atoms with Crippen LogP contribution in [0.5, 0.6) is 0 Å². The summed E-state index contributed by atoms with van der Waals surface area (Å²) in [4.78, 5) is 12.0. The molecule has 4 heteroatoms. The molecule has 0 heterocycles. The Morgan fingerprint density at radius 2 is 2.30 bits per heavy atom. The molecular formula is C16H18FNO2. The highest BCUT2D eigenvalue weighted by Crippen LogP contribution is 2.33. The van der Waals surface area contributed by atoms with Crippen molar-refractivity contribution >= 4 is 5.91 Å². The quantitative estimate of drug-likeness (QED) is 0.827. The molecule has 1 atom stereocenters. The van der Waals surface area contributed by atoms with Gasteiger partial charge in [0.2, 0.25) is 0 Å². The maximum absolute atomic E-state index is 13.9. The lowest BCUT2D eigenvalue weighted by Crippen LogP contribution is -2.33. The second kappa shape index (κ2) is 6.53. The van der Waals surface area contributed by atoms with Gasteiger partial charge in [-0.25, -0.2) is 4.39 Å². The molecule has 0 aromatic heterocycles. The summed E-state index contributed by atoms with van der Waals surface area (Å²) < 4.78 is 13.9. The Morgan fingerprint density at radius 1 is 1.55 bits per heavy atom. The van der Waals surface area contributed by atoms with Crippen molar-refractivity contribution in [1.82, 2.24) is 5.32 Å². The van der Waals surface area contributed by atoms with Gasteiger partial charge in [0.25, 0.3) is 5.91 Å². The summed E-state index contributed by atoms with van der Waals surface area (Å²) >= 11 is 0. The van der Waals surface area contributed by atoms with Crippen molar-refractivity contribution in [1.29, 1.82) is 0 Å². The number of amides is 1. The summed E-state index contributed by atoms with van der Waals surface area (Å²) in [6, 6.07) is 4.27. The summed E-state index contributed by atoms with van der Waals surface area (Å²) in [7, 11) is 0. The first-order valence-corrected chi connectivity index (χ1v) is 6.80. The Bertz CT molecular complexity index is 555. The zero-order chi connectivity index (χ0) is 14.5. The first-order chi connectivity index (χ1) is 9.60. The van der Waals surface area contributed by atoms with Gasteiger partial charge in [0, 0.05) is 11.6 Å². The van der Waals surface area contributed by atoms with Crippen molar-refractivity contribution in [3.05, 3.63) is 35.1 Å². The Kier molecular flexibility index (Phi) is 4.75. The van der Waals surface area contributed by atoms with Gasteiger partial charge < -0.3 is 10.4 Å². The molecule has 20 heavy (non-hydrogen) atoms. The van der Waals surface area contributed by atoms with E-state index in [0.717, 1.165) is 6.42 Å². The minimum Gasteiger partial charge on any atom is -0.384 e. The van der Waals surface area contributed by atoms with Crippen LogP contribution in [0.1, 0.15) is 42.1 Å². The molecule has 0 saturated heterocycles. The normalized spacial score (nSPS) is 15.2. The predicted octanol–water partition coefficient (Wildman–Crippen LogP) is 2.09. The van der Waals surface area contributed by atoms with E-state index in [9.17, 15) is 9.18 Å². The summed E-state index contributed by atoms with van der Waals surface area (Å²) in [6.45, 7) is 1.66. The van der Waals surface area contributed by atoms with Crippen LogP contribution in [-0.4, -0.2) is 23.7 Å². The number of hydrogen-bond acceptors (Lipinski definition) is 2. The van der Waals surface area contributed by atoms with Gasteiger partial charge in [-0.1, -0.05) is 24.7 Å². The highest BCUT2D eigenvalue weighted by atomic mass is 19.1. The second-order valence-electron chi connectivity index (χ2n) is 5.21. The van der Waals surface area contributed by atoms with E-state index in [4.69, 9.17) is 5.11 Å². The molecule has 1 aromatic carbocycles. The second-order valence-corrected chi connectivity index (χ2v) is 5.21. The highest BCUT2D eigenvalue weighted by molar-refractivity contribution is 5.94. The first kappa shape index (κ1) is 14.5. The molecule has 1 unspecified atom stereocenters. The van der Waals surface area contributed by atoms with Crippen LogP contribution in [0.15, 0.2) is 18.2 Å². The smallest absolute Gasteiger partial charge is 0.254 e. The number of hydrogen-bond donors (Lipinski definition) is 2. The minimum absolute atomic E-state index is 0.0298. The Labute approximate surface area is 118 Å². The van der Waals surface area contributed by atoms with Crippen molar-refractivity contribution in [2.24, 2.45) is 5.92 Å². The van der Waals surface area contributed by atoms with E-state index in [2.05, 4.69) is 17.2 Å². The van der Waals surface area contributed by atoms with Crippen molar-refractivity contribution in [2.45, 2.75) is 32.2 Å². The van der Waals surface area contributed by atoms with Gasteiger partial charge in [-0.3, -0.25) is 4.79 Å². The molecule has 0 aliphatic heterocycles. The molecule has 0 spiro atoms. The molecule has 106 valence electrons. The summed E-state index contributed by atoms with van der Waals surface area (Å²) in [5, 5.41) is 11.4. The Hall–Kier alpha value is -1.86. The third kappa shape index (κ3) is 4.07. The maximum atomic E-state index is 13.9. The maximum Gasteiger partial charge on any atom is 0.254 e. The third-order valence-corrected chi connectivity index (χ3v) is 3.29. The monoisotopic (exact) mass is 275 g/mol. The largest absolute Gasteiger partial charge is 0.384 e. The molecule has 1 aliphatic carbocycles. The van der Waals surface area contributed by atoms with Gasteiger partial charge in [-0.15, -0.1) is 0 Å². The van der Waals surface area contributed by atoms with Crippen molar-refractivity contribution < 1.29 is 14.3 Å². The van der Waals surface area contributed by atoms with Crippen LogP contribution < -0.4 is 5.32 Å². The SMILES string of the molecule is CC(CC1CC1)NC(=O)c1ccc(C#CCO)cc1F. The van der Waals surface area contributed by atoms with Gasteiger partial charge in [-0.2, -0.15) is 0 Å². The predicted molar refractivity (Wildman–Crippen MR) is 74.6 cm³/mol. The fraction of sp³-hybridized carbons (Fsp3) is 0.438. The van der Waals surface area contributed by atoms with E-state index >= 15 is 0 Å². The topological polar surface area (TPSA) is 49.3 Å². The van der Waals surface area contributed by atoms with E-state index in [-0.39, 0.29) is 18.2 Å². The number of carbonyl (C=O) groups excluding carboxylic acids is 1. The summed E-state index contributed by atoms with van der Waals surface area (Å²) in [5.74, 6) is 4.78. The van der Waals surface area contributed by atoms with Gasteiger partial charge in [0.1, 0.15) is 12.4 Å². The van der Waals surface area contributed by atoms with Crippen LogP contribution in [0.3, 0.4) is 0 Å². The molecule has 2 rings (SSSR count). The van der Waals surface area contributed by atoms with Crippen LogP contribution in [0.4, 0.5) is 4.39 Å². The number of nitrogens with one attached hydrogen (secondary N) is 1. The standard InChI is InChI=1S/C16H18FNO2/c1-11(9-13-4-5-13)18-16(20)14-7-6-12(3-2-8-19)10-15(14)17/h6-7,10-11,13,19H,4-5,8-9H2,1H3,(H,18,20). The summed E-state index contributed by atoms with van der Waals surface area (Å²) in [6.07, 6.45) is 3.41. The molecular weight excluding hydrogens is 257 g/mol. The third-order valence-electron chi connectivity index (χ3n) is 3.29. The van der Waals surface area contributed by atoms with E-state index in [0.29, 0.717) is 11.5 Å². The molecule has 1 saturated carbocycles. The number of benzene rings is 1. The van der Waals surface area contributed by atoms with Crippen molar-refractivity contribution in [2.75, 3.05) is 6.61 Å². The molecule has 1 aliphatic rings. The highest BCUT2D eigenvalue weighted by Gasteiger charge is 2.24. The van der Waals surface area contributed by atoms with Crippen LogP contribution in [0.2, 0.25) is 0 Å². The lowest BCUT2D eigenvalue weighted by molar-refractivity contribution is 0.0933. The number of halogens is 1. The molecule has 0 bridgehead atoms. The number of carbonyl (C=O) groups is 1. The number of aliphatic hydroxyl groups is 1. The first-order valence-electron chi connectivity index (χ1n) is 6.80.